The van der Waals surface area contributed by atoms with E-state index in [9.17, 15) is 18.0 Å². The second kappa shape index (κ2) is 7.57. The van der Waals surface area contributed by atoms with Gasteiger partial charge in [0.15, 0.2) is 6.04 Å². The summed E-state index contributed by atoms with van der Waals surface area (Å²) in [6, 6.07) is 6.69. The molecule has 1 aromatic heterocycles. The van der Waals surface area contributed by atoms with E-state index in [1.54, 1.807) is 24.3 Å². The van der Waals surface area contributed by atoms with Gasteiger partial charge in [-0.15, -0.1) is 0 Å². The fourth-order valence-electron chi connectivity index (χ4n) is 5.93. The van der Waals surface area contributed by atoms with Crippen molar-refractivity contribution < 1.29 is 18.0 Å². The number of hydrogen-bond donors (Lipinski definition) is 2. The van der Waals surface area contributed by atoms with E-state index in [4.69, 9.17) is 0 Å². The first kappa shape index (κ1) is 20.4. The van der Waals surface area contributed by atoms with Gasteiger partial charge in [-0.1, -0.05) is 36.8 Å². The monoisotopic (exact) mass is 432 g/mol. The molecule has 166 valence electrons. The Bertz CT molecular complexity index is 957. The molecule has 0 unspecified atom stereocenters. The number of nitrogens with one attached hydrogen (secondary N) is 2. The van der Waals surface area contributed by atoms with Crippen LogP contribution in [0, 0.1) is 17.8 Å². The van der Waals surface area contributed by atoms with Crippen molar-refractivity contribution in [2.24, 2.45) is 17.8 Å². The Morgan fingerprint density at radius 3 is 2.61 bits per heavy atom. The van der Waals surface area contributed by atoms with Crippen molar-refractivity contribution >= 4 is 11.7 Å². The summed E-state index contributed by atoms with van der Waals surface area (Å²) in [6.07, 6.45) is 1.49. The van der Waals surface area contributed by atoms with E-state index < -0.39 is 18.3 Å². The molecule has 2 aromatic rings. The highest BCUT2D eigenvalue weighted by Gasteiger charge is 2.47. The summed E-state index contributed by atoms with van der Waals surface area (Å²) in [5, 5.41) is 10.2. The maximum atomic E-state index is 13.8. The molecule has 3 aliphatic rings. The minimum Gasteiger partial charge on any atom is -0.363 e. The van der Waals surface area contributed by atoms with Crippen LogP contribution >= 0.6 is 0 Å². The van der Waals surface area contributed by atoms with Gasteiger partial charge < -0.3 is 10.6 Å². The Labute approximate surface area is 179 Å². The first-order valence-corrected chi connectivity index (χ1v) is 11.1. The minimum absolute atomic E-state index is 0.00901. The highest BCUT2D eigenvalue weighted by atomic mass is 19.4. The maximum Gasteiger partial charge on any atom is 0.410 e. The molecule has 0 spiro atoms. The molecule has 1 amide bonds. The number of carbonyl (C=O) groups is 1. The molecule has 2 saturated carbocycles. The van der Waals surface area contributed by atoms with Crippen LogP contribution in [-0.4, -0.2) is 27.9 Å². The van der Waals surface area contributed by atoms with Crippen molar-refractivity contribution in [3.05, 3.63) is 47.7 Å². The van der Waals surface area contributed by atoms with Crippen LogP contribution in [0.2, 0.25) is 0 Å². The Morgan fingerprint density at radius 2 is 1.97 bits per heavy atom. The summed E-state index contributed by atoms with van der Waals surface area (Å²) in [6.45, 7) is 2.01. The molecule has 2 bridgehead atoms. The normalized spacial score (nSPS) is 30.5. The number of alkyl halides is 3. The summed E-state index contributed by atoms with van der Waals surface area (Å²) >= 11 is 0. The number of anilines is 1. The van der Waals surface area contributed by atoms with E-state index in [0.29, 0.717) is 11.8 Å². The lowest BCUT2D eigenvalue weighted by Crippen LogP contribution is -2.41. The van der Waals surface area contributed by atoms with Crippen LogP contribution in [0.3, 0.4) is 0 Å². The van der Waals surface area contributed by atoms with Gasteiger partial charge >= 0.3 is 6.18 Å². The highest BCUT2D eigenvalue weighted by Crippen LogP contribution is 2.49. The van der Waals surface area contributed by atoms with Crippen LogP contribution in [0.15, 0.2) is 36.5 Å². The van der Waals surface area contributed by atoms with Gasteiger partial charge in [0.25, 0.3) is 5.91 Å². The summed E-state index contributed by atoms with van der Waals surface area (Å²) in [4.78, 5) is 13.1. The van der Waals surface area contributed by atoms with Gasteiger partial charge in [-0.3, -0.25) is 4.79 Å². The Kier molecular flexibility index (Phi) is 4.98. The average molecular weight is 432 g/mol. The number of carbonyl (C=O) groups excluding carboxylic acids is 1. The van der Waals surface area contributed by atoms with E-state index in [-0.39, 0.29) is 29.8 Å². The summed E-state index contributed by atoms with van der Waals surface area (Å²) < 4.78 is 42.4. The molecule has 2 heterocycles. The zero-order chi connectivity index (χ0) is 21.8. The largest absolute Gasteiger partial charge is 0.410 e. The molecule has 2 aliphatic carbocycles. The molecule has 31 heavy (non-hydrogen) atoms. The smallest absolute Gasteiger partial charge is 0.363 e. The van der Waals surface area contributed by atoms with Gasteiger partial charge in [0.05, 0.1) is 12.2 Å². The molecular formula is C23H27F3N4O. The quantitative estimate of drug-likeness (QED) is 0.707. The fourth-order valence-corrected chi connectivity index (χ4v) is 5.93. The Morgan fingerprint density at radius 1 is 1.19 bits per heavy atom. The van der Waals surface area contributed by atoms with Crippen molar-refractivity contribution in [1.82, 2.24) is 15.1 Å². The zero-order valence-electron chi connectivity index (χ0n) is 17.4. The van der Waals surface area contributed by atoms with Crippen molar-refractivity contribution in [3.8, 4) is 0 Å². The summed E-state index contributed by atoms with van der Waals surface area (Å²) in [5.74, 6) is 1.64. The standard InChI is InChI=1S/C23H27F3N4O/c1-13(17-10-14-7-8-16(17)9-14)28-22(31)18-12-27-30-20(23(24,25)26)11-19(29-21(18)30)15-5-3-2-4-6-15/h2-6,12-14,16-17,19-20,29H,7-11H2,1H3,(H,28,31)/t13-,14-,16-,17-,19-,20-/m0/s1. The first-order chi connectivity index (χ1) is 14.8. The molecule has 1 aromatic carbocycles. The average Bonchev–Trinajstić information content (AvgIpc) is 3.48. The third-order valence-electron chi connectivity index (χ3n) is 7.48. The number of aromatic nitrogens is 2. The van der Waals surface area contributed by atoms with Crippen LogP contribution < -0.4 is 10.6 Å². The summed E-state index contributed by atoms with van der Waals surface area (Å²) in [7, 11) is 0. The molecule has 5 rings (SSSR count). The molecule has 2 fully saturated rings. The molecule has 6 atom stereocenters. The molecule has 1 aliphatic heterocycles. The van der Waals surface area contributed by atoms with Gasteiger partial charge in [0.2, 0.25) is 0 Å². The van der Waals surface area contributed by atoms with Crippen LogP contribution in [0.5, 0.6) is 0 Å². The number of nitrogens with zero attached hydrogens (tertiary/aromatic N) is 2. The lowest BCUT2D eigenvalue weighted by molar-refractivity contribution is -0.173. The topological polar surface area (TPSA) is 59.0 Å². The number of hydrogen-bond acceptors (Lipinski definition) is 3. The number of rotatable bonds is 4. The fraction of sp³-hybridized carbons (Fsp3) is 0.565. The van der Waals surface area contributed by atoms with Crippen molar-refractivity contribution in [2.75, 3.05) is 5.32 Å². The highest BCUT2D eigenvalue weighted by molar-refractivity contribution is 5.99. The number of halogens is 3. The predicted molar refractivity (Wildman–Crippen MR) is 111 cm³/mol. The molecule has 5 nitrogen and oxygen atoms in total. The lowest BCUT2D eigenvalue weighted by Gasteiger charge is -2.34. The van der Waals surface area contributed by atoms with Gasteiger partial charge in [-0.2, -0.15) is 18.3 Å². The van der Waals surface area contributed by atoms with Crippen LogP contribution in [0.1, 0.15) is 67.0 Å². The third kappa shape index (κ3) is 3.70. The van der Waals surface area contributed by atoms with Crippen molar-refractivity contribution in [1.29, 1.82) is 0 Å². The SMILES string of the molecule is C[C@H](NC(=O)c1cnn2c1N[C@H](c1ccccc1)C[C@H]2C(F)(F)F)[C@@H]1C[C@H]2CC[C@H]1C2. The summed E-state index contributed by atoms with van der Waals surface area (Å²) in [5.41, 5.74) is 0.927. The van der Waals surface area contributed by atoms with E-state index >= 15 is 0 Å². The van der Waals surface area contributed by atoms with Crippen LogP contribution in [0.25, 0.3) is 0 Å². The van der Waals surface area contributed by atoms with Gasteiger partial charge in [-0.25, -0.2) is 4.68 Å². The van der Waals surface area contributed by atoms with Crippen molar-refractivity contribution in [2.45, 2.75) is 63.3 Å². The maximum absolute atomic E-state index is 13.8. The first-order valence-electron chi connectivity index (χ1n) is 11.1. The van der Waals surface area contributed by atoms with Gasteiger partial charge in [0, 0.05) is 12.5 Å². The molecule has 8 heteroatoms. The second-order valence-electron chi connectivity index (χ2n) is 9.35. The minimum atomic E-state index is -4.46. The number of fused-ring (bicyclic) bond motifs is 3. The van der Waals surface area contributed by atoms with E-state index in [1.807, 2.05) is 13.0 Å². The predicted octanol–water partition coefficient (Wildman–Crippen LogP) is 5.10. The molecule has 0 saturated heterocycles. The van der Waals surface area contributed by atoms with Gasteiger partial charge in [0.1, 0.15) is 11.4 Å². The lowest BCUT2D eigenvalue weighted by atomic mass is 9.84. The molecule has 2 N–H and O–H groups in total. The molecular weight excluding hydrogens is 405 g/mol. The Balaban J connectivity index is 1.40. The van der Waals surface area contributed by atoms with E-state index in [2.05, 4.69) is 15.7 Å². The van der Waals surface area contributed by atoms with E-state index in [0.717, 1.165) is 22.6 Å². The zero-order valence-corrected chi connectivity index (χ0v) is 17.4. The third-order valence-corrected chi connectivity index (χ3v) is 7.48. The van der Waals surface area contributed by atoms with Crippen LogP contribution in [-0.2, 0) is 0 Å². The van der Waals surface area contributed by atoms with E-state index in [1.165, 1.54) is 25.5 Å². The number of benzene rings is 1. The number of amides is 1. The molecule has 0 radical (unpaired) electrons. The Hall–Kier alpha value is -2.51. The van der Waals surface area contributed by atoms with Crippen molar-refractivity contribution in [3.63, 3.8) is 0 Å². The van der Waals surface area contributed by atoms with Crippen LogP contribution in [0.4, 0.5) is 19.0 Å². The van der Waals surface area contributed by atoms with Gasteiger partial charge in [-0.05, 0) is 49.5 Å². The second-order valence-corrected chi connectivity index (χ2v) is 9.35.